The maximum absolute atomic E-state index is 6.18. The van der Waals surface area contributed by atoms with Gasteiger partial charge >= 0.3 is 0 Å². The van der Waals surface area contributed by atoms with E-state index in [-0.39, 0.29) is 0 Å². The monoisotopic (exact) mass is 305 g/mol. The van der Waals surface area contributed by atoms with Crippen molar-refractivity contribution < 1.29 is 4.42 Å². The highest BCUT2D eigenvalue weighted by molar-refractivity contribution is 6.33. The number of rotatable bonds is 4. The van der Waals surface area contributed by atoms with Crippen LogP contribution in [0.25, 0.3) is 11.0 Å². The molecule has 7 heteroatoms. The predicted octanol–water partition coefficient (Wildman–Crippen LogP) is 2.55. The van der Waals surface area contributed by atoms with Gasteiger partial charge in [0.05, 0.1) is 24.7 Å². The van der Waals surface area contributed by atoms with Crippen LogP contribution in [0.1, 0.15) is 17.3 Å². The van der Waals surface area contributed by atoms with Crippen molar-refractivity contribution in [2.24, 2.45) is 7.05 Å². The third-order valence-corrected chi connectivity index (χ3v) is 3.51. The van der Waals surface area contributed by atoms with Gasteiger partial charge in [0.15, 0.2) is 5.65 Å². The second kappa shape index (κ2) is 5.46. The van der Waals surface area contributed by atoms with Crippen LogP contribution in [-0.2, 0) is 20.1 Å². The van der Waals surface area contributed by atoms with Crippen LogP contribution >= 0.6 is 11.6 Å². The molecular weight excluding hydrogens is 290 g/mol. The van der Waals surface area contributed by atoms with E-state index in [1.807, 2.05) is 33.2 Å². The first-order valence-electron chi connectivity index (χ1n) is 6.61. The fourth-order valence-electron chi connectivity index (χ4n) is 2.23. The van der Waals surface area contributed by atoms with E-state index in [0.29, 0.717) is 24.1 Å². The molecule has 3 heterocycles. The van der Waals surface area contributed by atoms with Crippen LogP contribution in [-0.4, -0.2) is 31.7 Å². The lowest BCUT2D eigenvalue weighted by Crippen LogP contribution is -2.18. The second-order valence-electron chi connectivity index (χ2n) is 5.12. The van der Waals surface area contributed by atoms with Gasteiger partial charge in [0.1, 0.15) is 22.5 Å². The lowest BCUT2D eigenvalue weighted by molar-refractivity contribution is 0.279. The maximum atomic E-state index is 6.18. The Bertz CT molecular complexity index is 779. The number of fused-ring (bicyclic) bond motifs is 1. The minimum absolute atomic E-state index is 0.436. The average molecular weight is 306 g/mol. The van der Waals surface area contributed by atoms with Gasteiger partial charge in [-0.2, -0.15) is 5.10 Å². The highest BCUT2D eigenvalue weighted by atomic mass is 35.5. The van der Waals surface area contributed by atoms with Gasteiger partial charge in [-0.05, 0) is 26.1 Å². The first-order valence-corrected chi connectivity index (χ1v) is 6.98. The van der Waals surface area contributed by atoms with Crippen LogP contribution in [0.3, 0.4) is 0 Å². The van der Waals surface area contributed by atoms with Gasteiger partial charge in [0.2, 0.25) is 0 Å². The lowest BCUT2D eigenvalue weighted by Gasteiger charge is -2.14. The molecule has 6 nitrogen and oxygen atoms in total. The minimum atomic E-state index is 0.436. The zero-order valence-corrected chi connectivity index (χ0v) is 12.9. The first-order chi connectivity index (χ1) is 10.0. The number of aryl methyl sites for hydroxylation is 2. The predicted molar refractivity (Wildman–Crippen MR) is 79.9 cm³/mol. The minimum Gasteiger partial charge on any atom is -0.465 e. The Morgan fingerprint density at radius 3 is 2.81 bits per heavy atom. The Hall–Kier alpha value is -1.92. The van der Waals surface area contributed by atoms with Crippen LogP contribution in [0.5, 0.6) is 0 Å². The van der Waals surface area contributed by atoms with Crippen molar-refractivity contribution in [3.8, 4) is 0 Å². The third-order valence-electron chi connectivity index (χ3n) is 3.23. The summed E-state index contributed by atoms with van der Waals surface area (Å²) in [6.07, 6.45) is 1.68. The zero-order valence-electron chi connectivity index (χ0n) is 12.2. The highest BCUT2D eigenvalue weighted by Gasteiger charge is 2.12. The van der Waals surface area contributed by atoms with Crippen molar-refractivity contribution in [1.82, 2.24) is 24.6 Å². The summed E-state index contributed by atoms with van der Waals surface area (Å²) in [6.45, 7) is 3.21. The first kappa shape index (κ1) is 14.0. The van der Waals surface area contributed by atoms with Gasteiger partial charge in [0, 0.05) is 7.05 Å². The summed E-state index contributed by atoms with van der Waals surface area (Å²) in [5, 5.41) is 5.35. The molecule has 0 saturated heterocycles. The summed E-state index contributed by atoms with van der Waals surface area (Å²) in [6, 6.07) is 3.93. The molecule has 0 bridgehead atoms. The Balaban J connectivity index is 1.79. The summed E-state index contributed by atoms with van der Waals surface area (Å²) in [7, 11) is 3.83. The molecule has 3 aromatic rings. The molecule has 21 heavy (non-hydrogen) atoms. The molecule has 0 aliphatic heterocycles. The van der Waals surface area contributed by atoms with Crippen LogP contribution in [0.2, 0.25) is 5.15 Å². The fraction of sp³-hybridized carbons (Fsp3) is 0.357. The lowest BCUT2D eigenvalue weighted by atomic mass is 10.4. The molecule has 0 spiro atoms. The van der Waals surface area contributed by atoms with E-state index in [2.05, 4.69) is 20.0 Å². The number of halogens is 1. The summed E-state index contributed by atoms with van der Waals surface area (Å²) < 4.78 is 7.27. The van der Waals surface area contributed by atoms with Gasteiger partial charge in [0.25, 0.3) is 0 Å². The molecule has 0 unspecified atom stereocenters. The maximum Gasteiger partial charge on any atom is 0.162 e. The van der Waals surface area contributed by atoms with E-state index in [1.54, 1.807) is 10.9 Å². The molecule has 0 radical (unpaired) electrons. The molecule has 0 saturated carbocycles. The Morgan fingerprint density at radius 1 is 1.29 bits per heavy atom. The number of nitrogens with zero attached hydrogens (tertiary/aromatic N) is 5. The van der Waals surface area contributed by atoms with Gasteiger partial charge in [-0.3, -0.25) is 9.58 Å². The van der Waals surface area contributed by atoms with Gasteiger partial charge in [-0.25, -0.2) is 9.97 Å². The number of aromatic nitrogens is 4. The summed E-state index contributed by atoms with van der Waals surface area (Å²) in [4.78, 5) is 10.9. The van der Waals surface area contributed by atoms with Crippen LogP contribution in [0.15, 0.2) is 22.7 Å². The van der Waals surface area contributed by atoms with Crippen molar-refractivity contribution >= 4 is 22.6 Å². The summed E-state index contributed by atoms with van der Waals surface area (Å²) in [5.41, 5.74) is 0.743. The molecule has 0 atom stereocenters. The van der Waals surface area contributed by atoms with E-state index in [0.717, 1.165) is 22.6 Å². The Labute approximate surface area is 127 Å². The quantitative estimate of drug-likeness (QED) is 0.693. The third kappa shape index (κ3) is 2.91. The zero-order chi connectivity index (χ0) is 15.0. The standard InChI is InChI=1S/C14H16ClN5O/c1-9-4-5-10(21-9)7-19(2)8-12-17-13(15)11-6-16-20(3)14(11)18-12/h4-6H,7-8H2,1-3H3. The van der Waals surface area contributed by atoms with Crippen molar-refractivity contribution in [2.75, 3.05) is 7.05 Å². The molecule has 3 rings (SSSR count). The van der Waals surface area contributed by atoms with Crippen molar-refractivity contribution in [1.29, 1.82) is 0 Å². The molecular formula is C14H16ClN5O. The molecule has 110 valence electrons. The Kier molecular flexibility index (Phi) is 3.65. The smallest absolute Gasteiger partial charge is 0.162 e. The van der Waals surface area contributed by atoms with Crippen LogP contribution < -0.4 is 0 Å². The largest absolute Gasteiger partial charge is 0.465 e. The van der Waals surface area contributed by atoms with E-state index < -0.39 is 0 Å². The highest BCUT2D eigenvalue weighted by Crippen LogP contribution is 2.20. The molecule has 0 aliphatic carbocycles. The van der Waals surface area contributed by atoms with Gasteiger partial charge in [-0.1, -0.05) is 11.6 Å². The molecule has 0 fully saturated rings. The van der Waals surface area contributed by atoms with Crippen molar-refractivity contribution in [2.45, 2.75) is 20.0 Å². The van der Waals surface area contributed by atoms with Crippen molar-refractivity contribution in [3.05, 3.63) is 40.8 Å². The summed E-state index contributed by atoms with van der Waals surface area (Å²) in [5.74, 6) is 2.50. The molecule has 0 N–H and O–H groups in total. The second-order valence-corrected chi connectivity index (χ2v) is 5.48. The number of hydrogen-bond donors (Lipinski definition) is 0. The van der Waals surface area contributed by atoms with E-state index in [9.17, 15) is 0 Å². The number of hydrogen-bond acceptors (Lipinski definition) is 5. The van der Waals surface area contributed by atoms with Gasteiger partial charge < -0.3 is 4.42 Å². The molecule has 3 aromatic heterocycles. The average Bonchev–Trinajstić information content (AvgIpc) is 2.97. The van der Waals surface area contributed by atoms with Gasteiger partial charge in [-0.15, -0.1) is 0 Å². The van der Waals surface area contributed by atoms with Crippen molar-refractivity contribution in [3.63, 3.8) is 0 Å². The molecule has 0 amide bonds. The topological polar surface area (TPSA) is 60.0 Å². The molecule has 0 aromatic carbocycles. The van der Waals surface area contributed by atoms with E-state index in [1.165, 1.54) is 0 Å². The molecule has 0 aliphatic rings. The van der Waals surface area contributed by atoms with Crippen LogP contribution in [0, 0.1) is 6.92 Å². The number of furan rings is 1. The fourth-order valence-corrected chi connectivity index (χ4v) is 2.47. The Morgan fingerprint density at radius 2 is 2.10 bits per heavy atom. The van der Waals surface area contributed by atoms with E-state index in [4.69, 9.17) is 16.0 Å². The van der Waals surface area contributed by atoms with Crippen LogP contribution in [0.4, 0.5) is 0 Å². The normalized spacial score (nSPS) is 11.7. The summed E-state index contributed by atoms with van der Waals surface area (Å²) >= 11 is 6.18. The van der Waals surface area contributed by atoms with E-state index >= 15 is 0 Å². The SMILES string of the molecule is Cc1ccc(CN(C)Cc2nc(Cl)c3cnn(C)c3n2)o1.